The fourth-order valence-electron chi connectivity index (χ4n) is 3.13. The Balaban J connectivity index is 1.73. The van der Waals surface area contributed by atoms with Gasteiger partial charge in [0.2, 0.25) is 0 Å². The van der Waals surface area contributed by atoms with Gasteiger partial charge in [-0.05, 0) is 66.6 Å². The van der Waals surface area contributed by atoms with Crippen LogP contribution in [-0.4, -0.2) is 23.9 Å². The van der Waals surface area contributed by atoms with Crippen molar-refractivity contribution in [1.29, 1.82) is 0 Å². The zero-order chi connectivity index (χ0) is 20.3. The van der Waals surface area contributed by atoms with Crippen molar-refractivity contribution >= 4 is 11.6 Å². The molecule has 1 saturated carbocycles. The lowest BCUT2D eigenvalue weighted by molar-refractivity contribution is -0.202. The summed E-state index contributed by atoms with van der Waals surface area (Å²) in [4.78, 5) is 0. The van der Waals surface area contributed by atoms with E-state index in [0.29, 0.717) is 16.5 Å². The number of aliphatic hydroxyl groups is 1. The van der Waals surface area contributed by atoms with Gasteiger partial charge in [0.1, 0.15) is 11.5 Å². The van der Waals surface area contributed by atoms with Crippen molar-refractivity contribution in [3.05, 3.63) is 58.6 Å². The standard InChI is InChI=1S/C21H23ClF3NO2/c1-2-13-10-17(8-9-18(13)22)28-16-5-3-4-15(11-16)20(14-6-7-14)26-12-19(27)21(23,24)25/h3-5,8-11,14,19-20,26-27H,2,6-7,12H2,1H3. The maximum absolute atomic E-state index is 12.6. The minimum absolute atomic E-state index is 0.253. The van der Waals surface area contributed by atoms with Crippen LogP contribution in [0.1, 0.15) is 36.9 Å². The molecule has 152 valence electrons. The third kappa shape index (κ3) is 5.40. The number of rotatable bonds is 8. The number of ether oxygens (including phenoxy) is 1. The molecule has 1 aliphatic rings. The average molecular weight is 414 g/mol. The molecule has 0 radical (unpaired) electrons. The molecule has 2 atom stereocenters. The van der Waals surface area contributed by atoms with Gasteiger partial charge in [-0.2, -0.15) is 13.2 Å². The van der Waals surface area contributed by atoms with Crippen LogP contribution in [0, 0.1) is 5.92 Å². The Kier molecular flexibility index (Phi) is 6.53. The summed E-state index contributed by atoms with van der Waals surface area (Å²) in [6.07, 6.45) is -4.33. The molecule has 0 saturated heterocycles. The molecule has 3 rings (SSSR count). The zero-order valence-electron chi connectivity index (χ0n) is 15.5. The first-order chi connectivity index (χ1) is 13.3. The average Bonchev–Trinajstić information content (AvgIpc) is 3.48. The smallest absolute Gasteiger partial charge is 0.415 e. The summed E-state index contributed by atoms with van der Waals surface area (Å²) in [7, 11) is 0. The predicted octanol–water partition coefficient (Wildman–Crippen LogP) is 5.66. The van der Waals surface area contributed by atoms with Gasteiger partial charge in [0.15, 0.2) is 6.10 Å². The Labute approximate surface area is 167 Å². The molecule has 3 nitrogen and oxygen atoms in total. The lowest BCUT2D eigenvalue weighted by atomic mass is 10.0. The number of alkyl halides is 3. The maximum atomic E-state index is 12.6. The van der Waals surface area contributed by atoms with E-state index in [2.05, 4.69) is 5.32 Å². The van der Waals surface area contributed by atoms with Crippen molar-refractivity contribution in [3.63, 3.8) is 0 Å². The summed E-state index contributed by atoms with van der Waals surface area (Å²) in [5.74, 6) is 1.52. The van der Waals surface area contributed by atoms with E-state index in [1.165, 1.54) is 0 Å². The van der Waals surface area contributed by atoms with Crippen molar-refractivity contribution in [2.24, 2.45) is 5.92 Å². The first kappa shape index (κ1) is 21.0. The molecule has 0 amide bonds. The van der Waals surface area contributed by atoms with E-state index in [4.69, 9.17) is 16.3 Å². The van der Waals surface area contributed by atoms with Crippen LogP contribution in [0.5, 0.6) is 11.5 Å². The molecule has 2 unspecified atom stereocenters. The Hall–Kier alpha value is -1.76. The van der Waals surface area contributed by atoms with Gasteiger partial charge in [0.25, 0.3) is 0 Å². The Morgan fingerprint density at radius 3 is 2.54 bits per heavy atom. The van der Waals surface area contributed by atoms with Crippen LogP contribution in [0.15, 0.2) is 42.5 Å². The fourth-order valence-corrected chi connectivity index (χ4v) is 3.38. The van der Waals surface area contributed by atoms with Crippen LogP contribution in [0.2, 0.25) is 5.02 Å². The molecule has 1 fully saturated rings. The molecule has 0 heterocycles. The molecule has 2 aromatic rings. The van der Waals surface area contributed by atoms with Crippen molar-refractivity contribution in [1.82, 2.24) is 5.32 Å². The topological polar surface area (TPSA) is 41.5 Å². The SMILES string of the molecule is CCc1cc(Oc2cccc(C(NCC(O)C(F)(F)F)C3CC3)c2)ccc1Cl. The number of hydrogen-bond donors (Lipinski definition) is 2. The van der Waals surface area contributed by atoms with Gasteiger partial charge in [-0.15, -0.1) is 0 Å². The molecular formula is C21H23ClF3NO2. The van der Waals surface area contributed by atoms with E-state index >= 15 is 0 Å². The largest absolute Gasteiger partial charge is 0.457 e. The monoisotopic (exact) mass is 413 g/mol. The van der Waals surface area contributed by atoms with Gasteiger partial charge >= 0.3 is 6.18 Å². The van der Waals surface area contributed by atoms with E-state index in [0.717, 1.165) is 30.4 Å². The normalized spacial score (nSPS) is 16.6. The van der Waals surface area contributed by atoms with Crippen LogP contribution < -0.4 is 10.1 Å². The van der Waals surface area contributed by atoms with Gasteiger partial charge in [0, 0.05) is 17.6 Å². The number of aryl methyl sites for hydroxylation is 1. The number of aliphatic hydroxyl groups excluding tert-OH is 1. The van der Waals surface area contributed by atoms with Crippen molar-refractivity contribution in [2.45, 2.75) is 44.5 Å². The Morgan fingerprint density at radius 2 is 1.89 bits per heavy atom. The summed E-state index contributed by atoms with van der Waals surface area (Å²) in [5.41, 5.74) is 1.83. The molecular weight excluding hydrogens is 391 g/mol. The fraction of sp³-hybridized carbons (Fsp3) is 0.429. The minimum Gasteiger partial charge on any atom is -0.457 e. The second-order valence-electron chi connectivity index (χ2n) is 7.06. The van der Waals surface area contributed by atoms with Gasteiger partial charge in [0.05, 0.1) is 0 Å². The number of benzene rings is 2. The summed E-state index contributed by atoms with van der Waals surface area (Å²) in [5, 5.41) is 12.8. The van der Waals surface area contributed by atoms with Crippen molar-refractivity contribution in [2.75, 3.05) is 6.54 Å². The number of halogens is 4. The van der Waals surface area contributed by atoms with E-state index < -0.39 is 18.8 Å². The van der Waals surface area contributed by atoms with Crippen LogP contribution in [0.25, 0.3) is 0 Å². The summed E-state index contributed by atoms with van der Waals surface area (Å²) >= 11 is 6.14. The van der Waals surface area contributed by atoms with Gasteiger partial charge < -0.3 is 15.2 Å². The highest BCUT2D eigenvalue weighted by atomic mass is 35.5. The molecule has 0 aliphatic heterocycles. The van der Waals surface area contributed by atoms with Crippen LogP contribution >= 0.6 is 11.6 Å². The first-order valence-corrected chi connectivity index (χ1v) is 9.70. The lowest BCUT2D eigenvalue weighted by Gasteiger charge is -2.22. The van der Waals surface area contributed by atoms with Crippen molar-refractivity contribution in [3.8, 4) is 11.5 Å². The Morgan fingerprint density at radius 1 is 1.18 bits per heavy atom. The molecule has 0 spiro atoms. The zero-order valence-corrected chi connectivity index (χ0v) is 16.2. The van der Waals surface area contributed by atoms with E-state index in [1.807, 2.05) is 31.2 Å². The molecule has 0 bridgehead atoms. The molecule has 1 aliphatic carbocycles. The Bertz CT molecular complexity index is 808. The third-order valence-corrected chi connectivity index (χ3v) is 5.22. The summed E-state index contributed by atoms with van der Waals surface area (Å²) in [6, 6.07) is 12.5. The summed E-state index contributed by atoms with van der Waals surface area (Å²) < 4.78 is 43.7. The van der Waals surface area contributed by atoms with Crippen molar-refractivity contribution < 1.29 is 23.0 Å². The third-order valence-electron chi connectivity index (χ3n) is 4.85. The lowest BCUT2D eigenvalue weighted by Crippen LogP contribution is -2.40. The minimum atomic E-state index is -4.63. The van der Waals surface area contributed by atoms with Gasteiger partial charge in [-0.1, -0.05) is 30.7 Å². The number of hydrogen-bond acceptors (Lipinski definition) is 3. The second-order valence-corrected chi connectivity index (χ2v) is 7.47. The molecule has 2 aromatic carbocycles. The highest BCUT2D eigenvalue weighted by molar-refractivity contribution is 6.31. The second kappa shape index (κ2) is 8.72. The molecule has 0 aromatic heterocycles. The van der Waals surface area contributed by atoms with Crippen LogP contribution in [0.4, 0.5) is 13.2 Å². The molecule has 7 heteroatoms. The first-order valence-electron chi connectivity index (χ1n) is 9.32. The van der Waals surface area contributed by atoms with E-state index in [1.54, 1.807) is 18.2 Å². The van der Waals surface area contributed by atoms with E-state index in [-0.39, 0.29) is 12.0 Å². The highest BCUT2D eigenvalue weighted by Gasteiger charge is 2.39. The number of nitrogens with one attached hydrogen (secondary N) is 1. The molecule has 2 N–H and O–H groups in total. The highest BCUT2D eigenvalue weighted by Crippen LogP contribution is 2.42. The predicted molar refractivity (Wildman–Crippen MR) is 103 cm³/mol. The van der Waals surface area contributed by atoms with Crippen LogP contribution in [0.3, 0.4) is 0 Å². The van der Waals surface area contributed by atoms with Gasteiger partial charge in [-0.3, -0.25) is 0 Å². The summed E-state index contributed by atoms with van der Waals surface area (Å²) in [6.45, 7) is 1.47. The van der Waals surface area contributed by atoms with Crippen LogP contribution in [-0.2, 0) is 6.42 Å². The van der Waals surface area contributed by atoms with Gasteiger partial charge in [-0.25, -0.2) is 0 Å². The van der Waals surface area contributed by atoms with E-state index in [9.17, 15) is 18.3 Å². The molecule has 28 heavy (non-hydrogen) atoms. The maximum Gasteiger partial charge on any atom is 0.415 e. The quantitative estimate of drug-likeness (QED) is 0.586.